The highest BCUT2D eigenvalue weighted by atomic mass is 35.5. The Morgan fingerprint density at radius 1 is 1.38 bits per heavy atom. The summed E-state index contributed by atoms with van der Waals surface area (Å²) in [6.45, 7) is 1.17. The Morgan fingerprint density at radius 2 is 2.21 bits per heavy atom. The normalized spacial score (nSPS) is 20.7. The van der Waals surface area contributed by atoms with Crippen molar-refractivity contribution in [1.82, 2.24) is 4.90 Å². The number of halogens is 2. The minimum atomic E-state index is -0.506. The number of anilines is 1. The molecule has 4 rings (SSSR count). The molecule has 1 saturated carbocycles. The molecule has 2 aliphatic rings. The van der Waals surface area contributed by atoms with Gasteiger partial charge in [-0.05, 0) is 60.4 Å². The summed E-state index contributed by atoms with van der Waals surface area (Å²) < 4.78 is 13.8. The molecule has 0 bridgehead atoms. The van der Waals surface area contributed by atoms with Crippen LogP contribution in [0.2, 0.25) is 5.02 Å². The first-order valence-electron chi connectivity index (χ1n) is 8.17. The summed E-state index contributed by atoms with van der Waals surface area (Å²) in [5, 5.41) is 5.14. The Balaban J connectivity index is 1.47. The van der Waals surface area contributed by atoms with Gasteiger partial charge in [0.05, 0.1) is 12.2 Å². The molecule has 126 valence electrons. The lowest BCUT2D eigenvalue weighted by atomic mass is 9.96. The molecule has 1 aliphatic heterocycles. The molecule has 0 saturated heterocycles. The average Bonchev–Trinajstić information content (AvgIpc) is 3.26. The summed E-state index contributed by atoms with van der Waals surface area (Å²) in [6.07, 6.45) is 3.44. The van der Waals surface area contributed by atoms with E-state index >= 15 is 0 Å². The fourth-order valence-electron chi connectivity index (χ4n) is 3.50. The predicted molar refractivity (Wildman–Crippen MR) is 95.1 cm³/mol. The minimum Gasteiger partial charge on any atom is -0.322 e. The number of rotatable bonds is 4. The number of benzene rings is 1. The van der Waals surface area contributed by atoms with Crippen LogP contribution >= 0.6 is 22.9 Å². The van der Waals surface area contributed by atoms with E-state index in [2.05, 4.69) is 21.7 Å². The van der Waals surface area contributed by atoms with Gasteiger partial charge in [0.2, 0.25) is 5.91 Å². The lowest BCUT2D eigenvalue weighted by Gasteiger charge is -2.35. The van der Waals surface area contributed by atoms with Crippen molar-refractivity contribution in [2.24, 2.45) is 5.92 Å². The molecule has 1 N–H and O–H groups in total. The van der Waals surface area contributed by atoms with Gasteiger partial charge in [-0.25, -0.2) is 4.39 Å². The first-order valence-corrected chi connectivity index (χ1v) is 9.43. The second-order valence-electron chi connectivity index (χ2n) is 6.47. The third-order valence-corrected chi connectivity index (χ3v) is 5.97. The van der Waals surface area contributed by atoms with Crippen LogP contribution in [0.1, 0.15) is 29.3 Å². The molecule has 2 aromatic rings. The Hall–Kier alpha value is -1.43. The Morgan fingerprint density at radius 3 is 2.96 bits per heavy atom. The number of fused-ring (bicyclic) bond motifs is 1. The predicted octanol–water partition coefficient (Wildman–Crippen LogP) is 4.49. The Bertz CT molecular complexity index is 774. The lowest BCUT2D eigenvalue weighted by molar-refractivity contribution is -0.118. The Labute approximate surface area is 149 Å². The van der Waals surface area contributed by atoms with E-state index in [-0.39, 0.29) is 11.6 Å². The van der Waals surface area contributed by atoms with Crippen LogP contribution in [-0.2, 0) is 11.2 Å². The van der Waals surface area contributed by atoms with E-state index in [0.29, 0.717) is 23.5 Å². The molecule has 6 heteroatoms. The van der Waals surface area contributed by atoms with Gasteiger partial charge in [0, 0.05) is 22.5 Å². The van der Waals surface area contributed by atoms with Gasteiger partial charge in [0.1, 0.15) is 5.82 Å². The van der Waals surface area contributed by atoms with Crippen LogP contribution in [0.4, 0.5) is 10.1 Å². The van der Waals surface area contributed by atoms with Crippen LogP contribution < -0.4 is 5.32 Å². The van der Waals surface area contributed by atoms with E-state index in [0.717, 1.165) is 13.0 Å². The van der Waals surface area contributed by atoms with Crippen molar-refractivity contribution in [3.63, 3.8) is 0 Å². The number of hydrogen-bond acceptors (Lipinski definition) is 3. The molecule has 0 unspecified atom stereocenters. The quantitative estimate of drug-likeness (QED) is 0.867. The summed E-state index contributed by atoms with van der Waals surface area (Å²) in [7, 11) is 0. The number of hydrogen-bond donors (Lipinski definition) is 1. The van der Waals surface area contributed by atoms with Crippen LogP contribution in [0.5, 0.6) is 0 Å². The fraction of sp³-hybridized carbons (Fsp3) is 0.389. The third-order valence-electron chi connectivity index (χ3n) is 4.74. The van der Waals surface area contributed by atoms with Crippen LogP contribution in [-0.4, -0.2) is 23.9 Å². The molecular formula is C18H18ClFN2OS. The maximum absolute atomic E-state index is 13.8. The highest BCUT2D eigenvalue weighted by Gasteiger charge is 2.40. The Kier molecular flexibility index (Phi) is 4.33. The molecule has 1 atom stereocenters. The van der Waals surface area contributed by atoms with Gasteiger partial charge < -0.3 is 5.32 Å². The zero-order valence-corrected chi connectivity index (χ0v) is 14.7. The van der Waals surface area contributed by atoms with Crippen LogP contribution in [0.25, 0.3) is 0 Å². The highest BCUT2D eigenvalue weighted by Crippen LogP contribution is 2.48. The summed E-state index contributed by atoms with van der Waals surface area (Å²) >= 11 is 7.56. The topological polar surface area (TPSA) is 32.3 Å². The van der Waals surface area contributed by atoms with Gasteiger partial charge in [-0.3, -0.25) is 9.69 Å². The zero-order chi connectivity index (χ0) is 16.7. The first kappa shape index (κ1) is 16.1. The number of nitrogens with zero attached hydrogens (tertiary/aromatic N) is 1. The molecule has 0 radical (unpaired) electrons. The molecule has 1 fully saturated rings. The van der Waals surface area contributed by atoms with Crippen molar-refractivity contribution in [2.75, 3.05) is 18.4 Å². The maximum Gasteiger partial charge on any atom is 0.238 e. The monoisotopic (exact) mass is 364 g/mol. The molecule has 3 nitrogen and oxygen atoms in total. The van der Waals surface area contributed by atoms with Gasteiger partial charge in [0.15, 0.2) is 0 Å². The van der Waals surface area contributed by atoms with Gasteiger partial charge in [-0.15, -0.1) is 11.3 Å². The van der Waals surface area contributed by atoms with Crippen molar-refractivity contribution in [3.8, 4) is 0 Å². The summed E-state index contributed by atoms with van der Waals surface area (Å²) in [4.78, 5) is 16.1. The lowest BCUT2D eigenvalue weighted by Crippen LogP contribution is -2.41. The van der Waals surface area contributed by atoms with E-state index in [9.17, 15) is 9.18 Å². The van der Waals surface area contributed by atoms with Crippen molar-refractivity contribution in [2.45, 2.75) is 25.3 Å². The molecule has 1 aromatic heterocycles. The maximum atomic E-state index is 13.8. The fourth-order valence-corrected chi connectivity index (χ4v) is 4.58. The molecule has 2 heterocycles. The minimum absolute atomic E-state index is 0.180. The number of carbonyl (C=O) groups excluding carboxylic acids is 1. The number of thiophene rings is 1. The molecular weight excluding hydrogens is 347 g/mol. The third kappa shape index (κ3) is 3.21. The molecule has 1 aromatic carbocycles. The molecule has 24 heavy (non-hydrogen) atoms. The second-order valence-corrected chi connectivity index (χ2v) is 7.91. The van der Waals surface area contributed by atoms with Crippen molar-refractivity contribution >= 4 is 34.5 Å². The summed E-state index contributed by atoms with van der Waals surface area (Å²) in [5.74, 6) is -0.0346. The van der Waals surface area contributed by atoms with Gasteiger partial charge in [-0.2, -0.15) is 0 Å². The van der Waals surface area contributed by atoms with E-state index in [1.54, 1.807) is 6.07 Å². The summed E-state index contributed by atoms with van der Waals surface area (Å²) in [6, 6.07) is 6.82. The van der Waals surface area contributed by atoms with E-state index in [1.165, 1.54) is 35.4 Å². The number of nitrogens with one attached hydrogen (secondary N) is 1. The van der Waals surface area contributed by atoms with Crippen LogP contribution in [0.3, 0.4) is 0 Å². The van der Waals surface area contributed by atoms with E-state index in [4.69, 9.17) is 11.6 Å². The van der Waals surface area contributed by atoms with Crippen molar-refractivity contribution in [3.05, 3.63) is 50.9 Å². The number of amides is 1. The van der Waals surface area contributed by atoms with Crippen molar-refractivity contribution < 1.29 is 9.18 Å². The first-order chi connectivity index (χ1) is 11.6. The van der Waals surface area contributed by atoms with Gasteiger partial charge in [-0.1, -0.05) is 11.6 Å². The molecule has 1 amide bonds. The second kappa shape index (κ2) is 6.47. The standard InChI is InChI=1S/C18H18ClFN2OS/c19-12-3-4-15(14(20)9-12)21-17(23)10-22-7-5-16-13(6-8-24-16)18(22)11-1-2-11/h3-4,6,8-9,11,18H,1-2,5,7,10H2,(H,21,23)/t18-/m0/s1. The largest absolute Gasteiger partial charge is 0.322 e. The molecule has 0 spiro atoms. The number of carbonyl (C=O) groups is 1. The molecule has 1 aliphatic carbocycles. The zero-order valence-electron chi connectivity index (χ0n) is 13.1. The van der Waals surface area contributed by atoms with Crippen LogP contribution in [0, 0.1) is 11.7 Å². The smallest absolute Gasteiger partial charge is 0.238 e. The van der Waals surface area contributed by atoms with E-state index in [1.807, 2.05) is 11.3 Å². The van der Waals surface area contributed by atoms with Gasteiger partial charge in [0.25, 0.3) is 0 Å². The van der Waals surface area contributed by atoms with Crippen molar-refractivity contribution in [1.29, 1.82) is 0 Å². The SMILES string of the molecule is O=C(CN1CCc2sccc2[C@@H]1C1CC1)Nc1ccc(Cl)cc1F. The summed E-state index contributed by atoms with van der Waals surface area (Å²) in [5.41, 5.74) is 1.57. The van der Waals surface area contributed by atoms with Gasteiger partial charge >= 0.3 is 0 Å². The van der Waals surface area contributed by atoms with Crippen LogP contribution in [0.15, 0.2) is 29.6 Å². The highest BCUT2D eigenvalue weighted by molar-refractivity contribution is 7.10. The van der Waals surface area contributed by atoms with E-state index < -0.39 is 5.82 Å². The average molecular weight is 365 g/mol.